The first-order valence-electron chi connectivity index (χ1n) is 6.94. The molecule has 1 N–H and O–H groups in total. The lowest BCUT2D eigenvalue weighted by molar-refractivity contribution is 0.245. The van der Waals surface area contributed by atoms with Crippen LogP contribution in [0.3, 0.4) is 0 Å². The molecule has 1 fully saturated rings. The molecule has 0 aliphatic heterocycles. The molecule has 2 aromatic rings. The van der Waals surface area contributed by atoms with Crippen LogP contribution < -0.4 is 4.74 Å². The fourth-order valence-corrected chi connectivity index (χ4v) is 2.85. The summed E-state index contributed by atoms with van der Waals surface area (Å²) in [7, 11) is 0. The first kappa shape index (κ1) is 12.7. The van der Waals surface area contributed by atoms with Crippen molar-refractivity contribution in [3.05, 3.63) is 23.0 Å². The number of fused-ring (bicyclic) bond motifs is 1. The van der Waals surface area contributed by atoms with E-state index >= 15 is 0 Å². The van der Waals surface area contributed by atoms with Gasteiger partial charge in [-0.25, -0.2) is 0 Å². The number of hydrogen-bond acceptors (Lipinski definition) is 2. The van der Waals surface area contributed by atoms with E-state index in [4.69, 9.17) is 17.0 Å². The van der Waals surface area contributed by atoms with E-state index in [1.54, 1.807) is 0 Å². The summed E-state index contributed by atoms with van der Waals surface area (Å²) in [6.45, 7) is 7.40. The maximum atomic E-state index is 5.85. The van der Waals surface area contributed by atoms with Gasteiger partial charge in [-0.3, -0.25) is 0 Å². The molecule has 0 amide bonds. The van der Waals surface area contributed by atoms with E-state index in [0.717, 1.165) is 39.9 Å². The number of rotatable bonds is 4. The van der Waals surface area contributed by atoms with E-state index < -0.39 is 0 Å². The Morgan fingerprint density at radius 1 is 1.47 bits per heavy atom. The predicted molar refractivity (Wildman–Crippen MR) is 80.2 cm³/mol. The maximum absolute atomic E-state index is 5.85. The number of ether oxygens (including phenoxy) is 1. The Morgan fingerprint density at radius 3 is 2.84 bits per heavy atom. The van der Waals surface area contributed by atoms with Gasteiger partial charge in [0.05, 0.1) is 11.6 Å². The number of para-hydroxylation sites is 1. The molecule has 1 aromatic carbocycles. The van der Waals surface area contributed by atoms with Crippen molar-refractivity contribution in [2.75, 3.05) is 0 Å². The van der Waals surface area contributed by atoms with Crippen molar-refractivity contribution in [2.24, 2.45) is 11.8 Å². The molecular weight excluding hydrogens is 256 g/mol. The number of nitrogens with one attached hydrogen (secondary N) is 1. The topological polar surface area (TPSA) is 29.9 Å². The zero-order valence-corrected chi connectivity index (χ0v) is 12.5. The van der Waals surface area contributed by atoms with Gasteiger partial charge in [0.1, 0.15) is 11.3 Å². The SMILES string of the molecule is CC(C)Oc1cccc2c1[nH]c(=S)n2CC1CC1C. The number of nitrogens with zero attached hydrogens (tertiary/aromatic N) is 1. The second-order valence-corrected chi connectivity index (χ2v) is 6.22. The summed E-state index contributed by atoms with van der Waals surface area (Å²) in [5.41, 5.74) is 2.18. The van der Waals surface area contributed by atoms with Gasteiger partial charge in [-0.2, -0.15) is 0 Å². The second-order valence-electron chi connectivity index (χ2n) is 5.83. The van der Waals surface area contributed by atoms with Crippen LogP contribution in [0.2, 0.25) is 0 Å². The molecule has 0 spiro atoms. The Labute approximate surface area is 118 Å². The van der Waals surface area contributed by atoms with Crippen LogP contribution >= 0.6 is 12.2 Å². The van der Waals surface area contributed by atoms with E-state index in [0.29, 0.717) is 0 Å². The summed E-state index contributed by atoms with van der Waals surface area (Å²) in [5, 5.41) is 0. The van der Waals surface area contributed by atoms with Gasteiger partial charge in [-0.15, -0.1) is 0 Å². The van der Waals surface area contributed by atoms with Gasteiger partial charge in [0, 0.05) is 6.54 Å². The third-order valence-corrected chi connectivity index (χ3v) is 4.15. The number of hydrogen-bond donors (Lipinski definition) is 1. The summed E-state index contributed by atoms with van der Waals surface area (Å²) < 4.78 is 8.86. The van der Waals surface area contributed by atoms with E-state index in [2.05, 4.69) is 22.5 Å². The third kappa shape index (κ3) is 2.41. The Bertz CT molecular complexity index is 656. The number of aromatic nitrogens is 2. The second kappa shape index (κ2) is 4.67. The van der Waals surface area contributed by atoms with Crippen LogP contribution in [0.5, 0.6) is 5.75 Å². The molecule has 102 valence electrons. The molecule has 2 atom stereocenters. The maximum Gasteiger partial charge on any atom is 0.178 e. The minimum Gasteiger partial charge on any atom is -0.489 e. The van der Waals surface area contributed by atoms with Crippen molar-refractivity contribution in [1.82, 2.24) is 9.55 Å². The zero-order valence-electron chi connectivity index (χ0n) is 11.6. The van der Waals surface area contributed by atoms with Crippen molar-refractivity contribution < 1.29 is 4.74 Å². The molecule has 3 nitrogen and oxygen atoms in total. The molecule has 2 unspecified atom stereocenters. The normalized spacial score (nSPS) is 22.1. The van der Waals surface area contributed by atoms with Gasteiger partial charge in [0.25, 0.3) is 0 Å². The van der Waals surface area contributed by atoms with Crippen LogP contribution in [0.25, 0.3) is 11.0 Å². The van der Waals surface area contributed by atoms with Gasteiger partial charge < -0.3 is 14.3 Å². The van der Waals surface area contributed by atoms with Crippen LogP contribution in [-0.2, 0) is 6.54 Å². The van der Waals surface area contributed by atoms with Crippen LogP contribution in [0.1, 0.15) is 27.2 Å². The molecule has 1 aliphatic carbocycles. The minimum absolute atomic E-state index is 0.166. The summed E-state index contributed by atoms with van der Waals surface area (Å²) in [6.07, 6.45) is 1.48. The number of H-pyrrole nitrogens is 1. The molecule has 3 rings (SSSR count). The van der Waals surface area contributed by atoms with E-state index in [-0.39, 0.29) is 6.10 Å². The minimum atomic E-state index is 0.166. The van der Waals surface area contributed by atoms with Crippen molar-refractivity contribution in [1.29, 1.82) is 0 Å². The number of aromatic amines is 1. The summed E-state index contributed by atoms with van der Waals surface area (Å²) >= 11 is 5.46. The van der Waals surface area contributed by atoms with Gasteiger partial charge in [0.2, 0.25) is 0 Å². The highest BCUT2D eigenvalue weighted by Gasteiger charge is 2.33. The molecule has 4 heteroatoms. The number of imidazole rings is 1. The van der Waals surface area contributed by atoms with Gasteiger partial charge in [-0.05, 0) is 56.5 Å². The molecule has 0 radical (unpaired) electrons. The summed E-state index contributed by atoms with van der Waals surface area (Å²) in [5.74, 6) is 2.50. The van der Waals surface area contributed by atoms with Gasteiger partial charge >= 0.3 is 0 Å². The molecule has 1 aliphatic rings. The van der Waals surface area contributed by atoms with Crippen LogP contribution in [0.4, 0.5) is 0 Å². The van der Waals surface area contributed by atoms with Crippen LogP contribution in [0.15, 0.2) is 18.2 Å². The zero-order chi connectivity index (χ0) is 13.6. The van der Waals surface area contributed by atoms with E-state index in [1.165, 1.54) is 6.42 Å². The highest BCUT2D eigenvalue weighted by atomic mass is 32.1. The first-order chi connectivity index (χ1) is 9.06. The predicted octanol–water partition coefficient (Wildman–Crippen LogP) is 4.14. The van der Waals surface area contributed by atoms with E-state index in [9.17, 15) is 0 Å². The monoisotopic (exact) mass is 276 g/mol. The Hall–Kier alpha value is -1.29. The molecule has 1 heterocycles. The largest absolute Gasteiger partial charge is 0.489 e. The van der Waals surface area contributed by atoms with Crippen LogP contribution in [-0.4, -0.2) is 15.7 Å². The van der Waals surface area contributed by atoms with E-state index in [1.807, 2.05) is 26.0 Å². The average Bonchev–Trinajstić information content (AvgIpc) is 2.93. The third-order valence-electron chi connectivity index (χ3n) is 3.83. The summed E-state index contributed by atoms with van der Waals surface area (Å²) in [6, 6.07) is 6.15. The van der Waals surface area contributed by atoms with Crippen molar-refractivity contribution >= 4 is 23.3 Å². The highest BCUT2D eigenvalue weighted by Crippen LogP contribution is 2.40. The van der Waals surface area contributed by atoms with Crippen molar-refractivity contribution in [2.45, 2.75) is 39.8 Å². The highest BCUT2D eigenvalue weighted by molar-refractivity contribution is 7.71. The molecule has 0 saturated heterocycles. The average molecular weight is 276 g/mol. The fourth-order valence-electron chi connectivity index (χ4n) is 2.58. The summed E-state index contributed by atoms with van der Waals surface area (Å²) in [4.78, 5) is 3.30. The lowest BCUT2D eigenvalue weighted by atomic mass is 10.2. The molecule has 19 heavy (non-hydrogen) atoms. The Balaban J connectivity index is 2.03. The van der Waals surface area contributed by atoms with Crippen LogP contribution in [0, 0.1) is 16.6 Å². The Morgan fingerprint density at radius 2 is 2.21 bits per heavy atom. The number of benzene rings is 1. The lowest BCUT2D eigenvalue weighted by Crippen LogP contribution is -2.06. The molecule has 1 aromatic heterocycles. The van der Waals surface area contributed by atoms with Crippen molar-refractivity contribution in [3.63, 3.8) is 0 Å². The standard InChI is InChI=1S/C15H20N2OS/c1-9(2)18-13-6-4-5-12-14(13)16-15(19)17(12)8-11-7-10(11)3/h4-6,9-11H,7-8H2,1-3H3,(H,16,19). The fraction of sp³-hybridized carbons (Fsp3) is 0.533. The molecule has 0 bridgehead atoms. The smallest absolute Gasteiger partial charge is 0.178 e. The van der Waals surface area contributed by atoms with Crippen molar-refractivity contribution in [3.8, 4) is 5.75 Å². The van der Waals surface area contributed by atoms with Gasteiger partial charge in [-0.1, -0.05) is 13.0 Å². The Kier molecular flexibility index (Phi) is 3.13. The molecular formula is C15H20N2OS. The van der Waals surface area contributed by atoms with Gasteiger partial charge in [0.15, 0.2) is 4.77 Å². The first-order valence-corrected chi connectivity index (χ1v) is 7.35. The molecule has 1 saturated carbocycles. The quantitative estimate of drug-likeness (QED) is 0.850. The lowest BCUT2D eigenvalue weighted by Gasteiger charge is -2.10.